The number of piperidine rings is 1. The molecule has 4 heterocycles. The largest absolute Gasteiger partial charge is 0.356 e. The zero-order valence-electron chi connectivity index (χ0n) is 13.4. The number of nitrogens with zero attached hydrogens (tertiary/aromatic N) is 4. The second-order valence-electron chi connectivity index (χ2n) is 6.19. The highest BCUT2D eigenvalue weighted by molar-refractivity contribution is 5.58. The summed E-state index contributed by atoms with van der Waals surface area (Å²) < 4.78 is 17.1. The van der Waals surface area contributed by atoms with Gasteiger partial charge in [-0.05, 0) is 26.0 Å². The molecule has 0 N–H and O–H groups in total. The van der Waals surface area contributed by atoms with Crippen molar-refractivity contribution in [3.05, 3.63) is 24.2 Å². The fourth-order valence-electron chi connectivity index (χ4n) is 3.18. The van der Waals surface area contributed by atoms with Crippen LogP contribution in [0.25, 0.3) is 11.5 Å². The lowest BCUT2D eigenvalue weighted by Crippen LogP contribution is -2.45. The van der Waals surface area contributed by atoms with Crippen LogP contribution < -0.4 is 4.90 Å². The zero-order valence-corrected chi connectivity index (χ0v) is 13.4. The minimum atomic E-state index is -0.392. The van der Waals surface area contributed by atoms with Crippen LogP contribution in [0.2, 0.25) is 0 Å². The zero-order chi connectivity index (χ0) is 15.9. The highest BCUT2D eigenvalue weighted by Crippen LogP contribution is 2.35. The topological polar surface area (TPSA) is 73.5 Å². The number of anilines is 1. The van der Waals surface area contributed by atoms with Crippen molar-refractivity contribution in [1.82, 2.24) is 15.1 Å². The van der Waals surface area contributed by atoms with Crippen LogP contribution >= 0.6 is 0 Å². The maximum Gasteiger partial charge on any atom is 0.258 e. The molecule has 0 bridgehead atoms. The van der Waals surface area contributed by atoms with Gasteiger partial charge < -0.3 is 18.9 Å². The number of pyridine rings is 1. The molecule has 2 aliphatic rings. The molecule has 0 saturated carbocycles. The first kappa shape index (κ1) is 14.6. The van der Waals surface area contributed by atoms with Gasteiger partial charge >= 0.3 is 0 Å². The van der Waals surface area contributed by atoms with Crippen molar-refractivity contribution in [2.45, 2.75) is 38.6 Å². The summed E-state index contributed by atoms with van der Waals surface area (Å²) in [4.78, 5) is 11.0. The Morgan fingerprint density at radius 2 is 2.13 bits per heavy atom. The Morgan fingerprint density at radius 1 is 1.30 bits per heavy atom. The van der Waals surface area contributed by atoms with E-state index in [0.29, 0.717) is 18.3 Å². The fourth-order valence-corrected chi connectivity index (χ4v) is 3.18. The molecular weight excluding hydrogens is 296 g/mol. The van der Waals surface area contributed by atoms with Crippen molar-refractivity contribution < 1.29 is 14.0 Å². The van der Waals surface area contributed by atoms with E-state index in [1.54, 1.807) is 6.20 Å². The maximum atomic E-state index is 5.97. The molecule has 1 spiro atoms. The standard InChI is InChI=1S/C16H20N4O3/c1-11-10-21-16(22-11)4-7-20(8-5-16)14-9-13(3-6-17-14)15-18-12(2)19-23-15/h3,6,9,11H,4-5,7-8,10H2,1-2H3/t11-/m1/s1. The van der Waals surface area contributed by atoms with Crippen LogP contribution in [0.1, 0.15) is 25.6 Å². The van der Waals surface area contributed by atoms with Gasteiger partial charge in [0.15, 0.2) is 11.6 Å². The number of hydrogen-bond acceptors (Lipinski definition) is 7. The SMILES string of the molecule is Cc1noc(-c2ccnc(N3CCC4(CC3)OC[C@@H](C)O4)c2)n1. The summed E-state index contributed by atoms with van der Waals surface area (Å²) in [6, 6.07) is 3.87. The van der Waals surface area contributed by atoms with Gasteiger partial charge in [0.1, 0.15) is 5.82 Å². The predicted molar refractivity (Wildman–Crippen MR) is 82.9 cm³/mol. The van der Waals surface area contributed by atoms with Crippen molar-refractivity contribution in [3.8, 4) is 11.5 Å². The van der Waals surface area contributed by atoms with Gasteiger partial charge in [0.25, 0.3) is 5.89 Å². The minimum Gasteiger partial charge on any atom is -0.356 e. The Balaban J connectivity index is 1.49. The lowest BCUT2D eigenvalue weighted by Gasteiger charge is -2.38. The Bertz CT molecular complexity index is 694. The van der Waals surface area contributed by atoms with Gasteiger partial charge in [-0.1, -0.05) is 5.16 Å². The lowest BCUT2D eigenvalue weighted by molar-refractivity contribution is -0.178. The Morgan fingerprint density at radius 3 is 2.78 bits per heavy atom. The van der Waals surface area contributed by atoms with E-state index >= 15 is 0 Å². The van der Waals surface area contributed by atoms with Crippen LogP contribution in [-0.2, 0) is 9.47 Å². The molecule has 0 radical (unpaired) electrons. The molecule has 7 heteroatoms. The van der Waals surface area contributed by atoms with E-state index in [1.807, 2.05) is 19.1 Å². The normalized spacial score (nSPS) is 23.6. The molecule has 1 atom stereocenters. The average Bonchev–Trinajstić information content (AvgIpc) is 3.15. The average molecular weight is 316 g/mol. The van der Waals surface area contributed by atoms with E-state index in [9.17, 15) is 0 Å². The predicted octanol–water partition coefficient (Wildman–Crippen LogP) is 2.17. The van der Waals surface area contributed by atoms with E-state index in [-0.39, 0.29) is 6.10 Å². The number of aryl methyl sites for hydroxylation is 1. The molecule has 2 saturated heterocycles. The van der Waals surface area contributed by atoms with Gasteiger partial charge in [0.2, 0.25) is 0 Å². The van der Waals surface area contributed by atoms with E-state index in [2.05, 4.69) is 26.9 Å². The maximum absolute atomic E-state index is 5.97. The van der Waals surface area contributed by atoms with Crippen LogP contribution in [0.15, 0.2) is 22.9 Å². The van der Waals surface area contributed by atoms with E-state index < -0.39 is 5.79 Å². The van der Waals surface area contributed by atoms with Gasteiger partial charge in [-0.3, -0.25) is 0 Å². The molecule has 7 nitrogen and oxygen atoms in total. The number of aromatic nitrogens is 3. The van der Waals surface area contributed by atoms with Crippen molar-refractivity contribution in [2.24, 2.45) is 0 Å². The van der Waals surface area contributed by atoms with E-state index in [4.69, 9.17) is 14.0 Å². The third-order valence-corrected chi connectivity index (χ3v) is 4.37. The summed E-state index contributed by atoms with van der Waals surface area (Å²) in [7, 11) is 0. The quantitative estimate of drug-likeness (QED) is 0.840. The van der Waals surface area contributed by atoms with Gasteiger partial charge in [-0.2, -0.15) is 4.98 Å². The van der Waals surface area contributed by atoms with Crippen LogP contribution in [-0.4, -0.2) is 46.7 Å². The monoisotopic (exact) mass is 316 g/mol. The molecule has 4 rings (SSSR count). The second kappa shape index (κ2) is 5.58. The molecule has 2 fully saturated rings. The molecule has 2 aromatic heterocycles. The van der Waals surface area contributed by atoms with Crippen molar-refractivity contribution >= 4 is 5.82 Å². The summed E-state index contributed by atoms with van der Waals surface area (Å²) in [5, 5.41) is 3.84. The van der Waals surface area contributed by atoms with Gasteiger partial charge in [0, 0.05) is 37.7 Å². The second-order valence-corrected chi connectivity index (χ2v) is 6.19. The lowest BCUT2D eigenvalue weighted by atomic mass is 10.0. The van der Waals surface area contributed by atoms with Gasteiger partial charge in [-0.15, -0.1) is 0 Å². The molecule has 0 amide bonds. The van der Waals surface area contributed by atoms with Crippen LogP contribution in [0.3, 0.4) is 0 Å². The fraction of sp³-hybridized carbons (Fsp3) is 0.562. The Labute approximate surface area is 134 Å². The van der Waals surface area contributed by atoms with Crippen molar-refractivity contribution in [2.75, 3.05) is 24.6 Å². The molecular formula is C16H20N4O3. The first-order valence-corrected chi connectivity index (χ1v) is 7.97. The van der Waals surface area contributed by atoms with E-state index in [1.165, 1.54) is 0 Å². The van der Waals surface area contributed by atoms with Crippen LogP contribution in [0, 0.1) is 6.92 Å². The highest BCUT2D eigenvalue weighted by Gasteiger charge is 2.42. The summed E-state index contributed by atoms with van der Waals surface area (Å²) in [5.74, 6) is 1.68. The van der Waals surface area contributed by atoms with Crippen molar-refractivity contribution in [3.63, 3.8) is 0 Å². The number of ether oxygens (including phenoxy) is 2. The third-order valence-electron chi connectivity index (χ3n) is 4.37. The summed E-state index contributed by atoms with van der Waals surface area (Å²) in [6.45, 7) is 6.25. The molecule has 0 aromatic carbocycles. The molecule has 0 aliphatic carbocycles. The summed E-state index contributed by atoms with van der Waals surface area (Å²) >= 11 is 0. The Kier molecular flexibility index (Phi) is 3.54. The molecule has 122 valence electrons. The Hall–Kier alpha value is -1.99. The molecule has 2 aromatic rings. The van der Waals surface area contributed by atoms with Gasteiger partial charge in [-0.25, -0.2) is 4.98 Å². The van der Waals surface area contributed by atoms with Crippen LogP contribution in [0.4, 0.5) is 5.82 Å². The number of rotatable bonds is 2. The molecule has 0 unspecified atom stereocenters. The first-order chi connectivity index (χ1) is 11.1. The number of hydrogen-bond donors (Lipinski definition) is 0. The smallest absolute Gasteiger partial charge is 0.258 e. The highest BCUT2D eigenvalue weighted by atomic mass is 16.7. The summed E-state index contributed by atoms with van der Waals surface area (Å²) in [6.07, 6.45) is 3.66. The molecule has 2 aliphatic heterocycles. The van der Waals surface area contributed by atoms with Gasteiger partial charge in [0.05, 0.1) is 12.7 Å². The first-order valence-electron chi connectivity index (χ1n) is 7.97. The third kappa shape index (κ3) is 2.82. The molecule has 23 heavy (non-hydrogen) atoms. The van der Waals surface area contributed by atoms with Crippen LogP contribution in [0.5, 0.6) is 0 Å². The minimum absolute atomic E-state index is 0.184. The van der Waals surface area contributed by atoms with Crippen molar-refractivity contribution in [1.29, 1.82) is 0 Å². The van der Waals surface area contributed by atoms with E-state index in [0.717, 1.165) is 37.3 Å². The summed E-state index contributed by atoms with van der Waals surface area (Å²) in [5.41, 5.74) is 0.887.